The van der Waals surface area contributed by atoms with Gasteiger partial charge in [0, 0.05) is 25.9 Å². The van der Waals surface area contributed by atoms with Crippen LogP contribution in [0.2, 0.25) is 0 Å². The number of anilines is 1. The maximum absolute atomic E-state index is 12.8. The summed E-state index contributed by atoms with van der Waals surface area (Å²) in [5.41, 5.74) is 1.72. The fourth-order valence-corrected chi connectivity index (χ4v) is 4.76. The Balaban J connectivity index is 1.66. The summed E-state index contributed by atoms with van der Waals surface area (Å²) in [4.78, 5) is 12.9. The van der Waals surface area contributed by atoms with Crippen LogP contribution in [0.15, 0.2) is 59.5 Å². The number of hydrogen-bond donors (Lipinski definition) is 1. The van der Waals surface area contributed by atoms with E-state index in [4.69, 9.17) is 4.74 Å². The summed E-state index contributed by atoms with van der Waals surface area (Å²) in [6, 6.07) is 15.8. The minimum Gasteiger partial charge on any atom is -0.380 e. The Morgan fingerprint density at radius 3 is 2.52 bits per heavy atom. The molecule has 1 aliphatic rings. The molecule has 0 bridgehead atoms. The molecular formula is C20H24N2O4S. The van der Waals surface area contributed by atoms with Gasteiger partial charge in [-0.25, -0.2) is 8.42 Å². The molecule has 2 aromatic carbocycles. The van der Waals surface area contributed by atoms with E-state index in [2.05, 4.69) is 5.32 Å². The normalized spacial score (nSPS) is 18.2. The molecule has 0 aromatic heterocycles. The van der Waals surface area contributed by atoms with Crippen molar-refractivity contribution >= 4 is 21.6 Å². The lowest BCUT2D eigenvalue weighted by atomic mass is 9.98. The molecule has 1 heterocycles. The number of piperidine rings is 1. The number of nitrogens with one attached hydrogen (secondary N) is 1. The summed E-state index contributed by atoms with van der Waals surface area (Å²) in [6.07, 6.45) is 1.34. The Morgan fingerprint density at radius 1 is 1.15 bits per heavy atom. The van der Waals surface area contributed by atoms with E-state index in [-0.39, 0.29) is 23.3 Å². The molecule has 1 fully saturated rings. The number of carbonyl (C=O) groups is 1. The van der Waals surface area contributed by atoms with Crippen molar-refractivity contribution in [2.75, 3.05) is 25.5 Å². The van der Waals surface area contributed by atoms with Crippen molar-refractivity contribution in [1.29, 1.82) is 0 Å². The van der Waals surface area contributed by atoms with Crippen LogP contribution in [0.4, 0.5) is 5.69 Å². The van der Waals surface area contributed by atoms with Gasteiger partial charge in [-0.1, -0.05) is 30.3 Å². The molecule has 7 heteroatoms. The maximum atomic E-state index is 12.8. The van der Waals surface area contributed by atoms with Crippen LogP contribution in [0.25, 0.3) is 0 Å². The van der Waals surface area contributed by atoms with E-state index in [9.17, 15) is 13.2 Å². The van der Waals surface area contributed by atoms with Gasteiger partial charge >= 0.3 is 0 Å². The highest BCUT2D eigenvalue weighted by Crippen LogP contribution is 2.24. The molecule has 1 saturated heterocycles. The summed E-state index contributed by atoms with van der Waals surface area (Å²) in [7, 11) is -1.94. The summed E-state index contributed by atoms with van der Waals surface area (Å²) < 4.78 is 32.1. The lowest BCUT2D eigenvalue weighted by molar-refractivity contribution is -0.120. The van der Waals surface area contributed by atoms with Gasteiger partial charge in [0.1, 0.15) is 0 Å². The highest BCUT2D eigenvalue weighted by Gasteiger charge is 2.33. The van der Waals surface area contributed by atoms with Gasteiger partial charge in [-0.3, -0.25) is 4.79 Å². The van der Waals surface area contributed by atoms with Crippen LogP contribution in [0.3, 0.4) is 0 Å². The maximum Gasteiger partial charge on any atom is 0.243 e. The molecule has 0 spiro atoms. The quantitative estimate of drug-likeness (QED) is 0.826. The molecule has 3 rings (SSSR count). The van der Waals surface area contributed by atoms with Crippen molar-refractivity contribution in [1.82, 2.24) is 4.31 Å². The molecule has 1 atom stereocenters. The Kier molecular flexibility index (Phi) is 6.26. The minimum atomic E-state index is -3.57. The average molecular weight is 388 g/mol. The molecule has 27 heavy (non-hydrogen) atoms. The summed E-state index contributed by atoms with van der Waals surface area (Å²) in [6.45, 7) is 1.15. The fraction of sp³-hybridized carbons (Fsp3) is 0.350. The third kappa shape index (κ3) is 4.74. The third-order valence-corrected chi connectivity index (χ3v) is 6.55. The van der Waals surface area contributed by atoms with Crippen LogP contribution in [-0.4, -0.2) is 38.8 Å². The van der Waals surface area contributed by atoms with Crippen molar-refractivity contribution in [3.8, 4) is 0 Å². The Hall–Kier alpha value is -2.22. The van der Waals surface area contributed by atoms with Crippen LogP contribution in [0, 0.1) is 5.92 Å². The number of benzene rings is 2. The summed E-state index contributed by atoms with van der Waals surface area (Å²) in [5, 5.41) is 2.89. The smallest absolute Gasteiger partial charge is 0.243 e. The van der Waals surface area contributed by atoms with E-state index in [0.717, 1.165) is 5.56 Å². The molecule has 0 saturated carbocycles. The molecule has 1 aliphatic heterocycles. The largest absolute Gasteiger partial charge is 0.380 e. The number of hydrogen-bond acceptors (Lipinski definition) is 4. The first kappa shape index (κ1) is 19.5. The van der Waals surface area contributed by atoms with E-state index in [1.165, 1.54) is 4.31 Å². The Morgan fingerprint density at radius 2 is 1.85 bits per heavy atom. The zero-order valence-corrected chi connectivity index (χ0v) is 16.1. The Bertz CT molecular complexity index is 867. The summed E-state index contributed by atoms with van der Waals surface area (Å²) >= 11 is 0. The van der Waals surface area contributed by atoms with Gasteiger partial charge in [0.05, 0.1) is 17.4 Å². The first-order valence-corrected chi connectivity index (χ1v) is 10.4. The van der Waals surface area contributed by atoms with E-state index in [0.29, 0.717) is 31.7 Å². The van der Waals surface area contributed by atoms with Crippen LogP contribution in [0.5, 0.6) is 0 Å². The highest BCUT2D eigenvalue weighted by atomic mass is 32.2. The van der Waals surface area contributed by atoms with Crippen molar-refractivity contribution in [2.24, 2.45) is 5.92 Å². The Labute approximate surface area is 160 Å². The second-order valence-electron chi connectivity index (χ2n) is 6.63. The standard InChI is InChI=1S/C20H24N2O4S/c1-26-15-16-9-11-18(12-10-16)21-20(23)17-6-5-13-22(14-17)27(24,25)19-7-3-2-4-8-19/h2-4,7-12,17H,5-6,13-15H2,1H3,(H,21,23). The predicted molar refractivity (Wildman–Crippen MR) is 104 cm³/mol. The number of rotatable bonds is 6. The molecule has 0 radical (unpaired) electrons. The molecule has 144 valence electrons. The molecule has 1 amide bonds. The van der Waals surface area contributed by atoms with Crippen molar-refractivity contribution < 1.29 is 17.9 Å². The molecule has 1 N–H and O–H groups in total. The van der Waals surface area contributed by atoms with Crippen LogP contribution in [-0.2, 0) is 26.2 Å². The van der Waals surface area contributed by atoms with Crippen LogP contribution >= 0.6 is 0 Å². The lowest BCUT2D eigenvalue weighted by Gasteiger charge is -2.31. The SMILES string of the molecule is COCc1ccc(NC(=O)C2CCCN(S(=O)(=O)c3ccccc3)C2)cc1. The first-order chi connectivity index (χ1) is 13.0. The van der Waals surface area contributed by atoms with Gasteiger partial charge in [0.2, 0.25) is 15.9 Å². The minimum absolute atomic E-state index is 0.151. The number of ether oxygens (including phenoxy) is 1. The van der Waals surface area contributed by atoms with Crippen LogP contribution in [0.1, 0.15) is 18.4 Å². The number of methoxy groups -OCH3 is 1. The van der Waals surface area contributed by atoms with E-state index in [1.54, 1.807) is 37.4 Å². The van der Waals surface area contributed by atoms with Gasteiger partial charge in [-0.15, -0.1) is 0 Å². The third-order valence-electron chi connectivity index (χ3n) is 4.67. The van der Waals surface area contributed by atoms with Gasteiger partial charge < -0.3 is 10.1 Å². The molecular weight excluding hydrogens is 364 g/mol. The van der Waals surface area contributed by atoms with Gasteiger partial charge in [-0.05, 0) is 42.7 Å². The number of nitrogens with zero attached hydrogens (tertiary/aromatic N) is 1. The summed E-state index contributed by atoms with van der Waals surface area (Å²) in [5.74, 6) is -0.515. The van der Waals surface area contributed by atoms with Gasteiger partial charge in [0.25, 0.3) is 0 Å². The number of amides is 1. The van der Waals surface area contributed by atoms with Gasteiger partial charge in [-0.2, -0.15) is 4.31 Å². The molecule has 2 aromatic rings. The van der Waals surface area contributed by atoms with Crippen molar-refractivity contribution in [2.45, 2.75) is 24.3 Å². The lowest BCUT2D eigenvalue weighted by Crippen LogP contribution is -2.43. The predicted octanol–water partition coefficient (Wildman–Crippen LogP) is 2.87. The molecule has 6 nitrogen and oxygen atoms in total. The number of sulfonamides is 1. The molecule has 0 aliphatic carbocycles. The average Bonchev–Trinajstić information content (AvgIpc) is 2.70. The monoisotopic (exact) mass is 388 g/mol. The van der Waals surface area contributed by atoms with Crippen molar-refractivity contribution in [3.05, 3.63) is 60.2 Å². The second-order valence-corrected chi connectivity index (χ2v) is 8.57. The second kappa shape index (κ2) is 8.65. The fourth-order valence-electron chi connectivity index (χ4n) is 3.21. The van der Waals surface area contributed by atoms with E-state index < -0.39 is 10.0 Å². The van der Waals surface area contributed by atoms with Gasteiger partial charge in [0.15, 0.2) is 0 Å². The zero-order valence-electron chi connectivity index (χ0n) is 15.3. The first-order valence-electron chi connectivity index (χ1n) is 8.94. The molecule has 1 unspecified atom stereocenters. The van der Waals surface area contributed by atoms with Crippen molar-refractivity contribution in [3.63, 3.8) is 0 Å². The topological polar surface area (TPSA) is 75.7 Å². The zero-order chi connectivity index (χ0) is 19.3. The number of carbonyl (C=O) groups excluding carboxylic acids is 1. The van der Waals surface area contributed by atoms with Crippen LogP contribution < -0.4 is 5.32 Å². The van der Waals surface area contributed by atoms with E-state index >= 15 is 0 Å². The highest BCUT2D eigenvalue weighted by molar-refractivity contribution is 7.89. The van der Waals surface area contributed by atoms with E-state index in [1.807, 2.05) is 24.3 Å².